The Labute approximate surface area is 110 Å². The molecule has 94 valence electrons. The number of anilines is 1. The Morgan fingerprint density at radius 3 is 3.18 bits per heavy atom. The van der Waals surface area contributed by atoms with E-state index in [1.165, 1.54) is 23.6 Å². The zero-order valence-corrected chi connectivity index (χ0v) is 11.5. The van der Waals surface area contributed by atoms with E-state index in [0.717, 1.165) is 12.4 Å². The molecule has 0 saturated carbocycles. The lowest BCUT2D eigenvalue weighted by molar-refractivity contribution is 0.326. The van der Waals surface area contributed by atoms with Crippen LogP contribution in [0.4, 0.5) is 5.82 Å². The highest BCUT2D eigenvalue weighted by molar-refractivity contribution is 8.06. The van der Waals surface area contributed by atoms with Crippen molar-refractivity contribution in [2.24, 2.45) is 0 Å². The van der Waals surface area contributed by atoms with E-state index in [-0.39, 0.29) is 0 Å². The lowest BCUT2D eigenvalue weighted by Gasteiger charge is -2.21. The smallest absolute Gasteiger partial charge is 0.218 e. The van der Waals surface area contributed by atoms with Gasteiger partial charge in [0, 0.05) is 35.1 Å². The Morgan fingerprint density at radius 2 is 2.41 bits per heavy atom. The van der Waals surface area contributed by atoms with Gasteiger partial charge in [0.2, 0.25) is 5.88 Å². The van der Waals surface area contributed by atoms with Crippen molar-refractivity contribution < 1.29 is 4.74 Å². The van der Waals surface area contributed by atoms with E-state index in [9.17, 15) is 0 Å². The topological polar surface area (TPSA) is 47.0 Å². The van der Waals surface area contributed by atoms with Crippen LogP contribution in [-0.2, 0) is 0 Å². The maximum absolute atomic E-state index is 5.34. The highest BCUT2D eigenvalue weighted by atomic mass is 32.2. The van der Waals surface area contributed by atoms with Gasteiger partial charge in [-0.25, -0.2) is 9.97 Å². The first-order chi connectivity index (χ1) is 8.38. The maximum Gasteiger partial charge on any atom is 0.218 e. The maximum atomic E-state index is 5.34. The van der Waals surface area contributed by atoms with Gasteiger partial charge in [-0.2, -0.15) is 23.5 Å². The summed E-state index contributed by atoms with van der Waals surface area (Å²) in [6.07, 6.45) is 1.54. The minimum atomic E-state index is 0.631. The summed E-state index contributed by atoms with van der Waals surface area (Å²) in [5, 5.41) is 4.03. The van der Waals surface area contributed by atoms with Crippen LogP contribution < -0.4 is 10.1 Å². The van der Waals surface area contributed by atoms with Gasteiger partial charge in [-0.05, 0) is 6.92 Å². The molecule has 1 aliphatic rings. The van der Waals surface area contributed by atoms with Crippen LogP contribution in [0.3, 0.4) is 0 Å². The fraction of sp³-hybridized carbons (Fsp3) is 0.636. The van der Waals surface area contributed by atoms with Crippen LogP contribution in [0, 0.1) is 0 Å². The minimum Gasteiger partial charge on any atom is -0.478 e. The van der Waals surface area contributed by atoms with E-state index in [2.05, 4.69) is 15.3 Å². The second-order valence-corrected chi connectivity index (χ2v) is 6.18. The molecular formula is C11H17N3OS2. The molecule has 0 aliphatic carbocycles. The highest BCUT2D eigenvalue weighted by Gasteiger charge is 2.14. The molecule has 0 unspecified atom stereocenters. The van der Waals surface area contributed by atoms with Crippen molar-refractivity contribution in [3.63, 3.8) is 0 Å². The number of thioether (sulfide) groups is 2. The zero-order chi connectivity index (χ0) is 11.9. The monoisotopic (exact) mass is 271 g/mol. The number of ether oxygens (including phenoxy) is 1. The first-order valence-corrected chi connectivity index (χ1v) is 7.97. The Bertz CT molecular complexity index is 345. The summed E-state index contributed by atoms with van der Waals surface area (Å²) in [5.74, 6) is 5.24. The fourth-order valence-corrected chi connectivity index (χ4v) is 4.15. The predicted octanol–water partition coefficient (Wildman–Crippen LogP) is 2.14. The standard InChI is InChI=1S/C11H17N3OS2/c1-2-15-11-5-10(13-8-14-11)12-6-9-7-16-3-4-17-9/h5,8-9H,2-4,6-7H2,1H3,(H,12,13,14)/t9-/m0/s1. The third-order valence-corrected chi connectivity index (χ3v) is 5.17. The van der Waals surface area contributed by atoms with Crippen LogP contribution in [0.15, 0.2) is 12.4 Å². The van der Waals surface area contributed by atoms with Crippen LogP contribution in [-0.4, -0.2) is 45.6 Å². The van der Waals surface area contributed by atoms with Gasteiger partial charge < -0.3 is 10.1 Å². The van der Waals surface area contributed by atoms with Crippen molar-refractivity contribution in [3.05, 3.63) is 12.4 Å². The SMILES string of the molecule is CCOc1cc(NC[C@H]2CSCCS2)ncn1. The molecule has 1 aromatic heterocycles. The van der Waals surface area contributed by atoms with Crippen LogP contribution in [0.5, 0.6) is 5.88 Å². The molecule has 1 N–H and O–H groups in total. The lowest BCUT2D eigenvalue weighted by Crippen LogP contribution is -2.23. The molecule has 4 nitrogen and oxygen atoms in total. The van der Waals surface area contributed by atoms with Gasteiger partial charge in [0.05, 0.1) is 6.61 Å². The summed E-state index contributed by atoms with van der Waals surface area (Å²) in [5.41, 5.74) is 0. The van der Waals surface area contributed by atoms with Crippen molar-refractivity contribution >= 4 is 29.3 Å². The summed E-state index contributed by atoms with van der Waals surface area (Å²) in [6, 6.07) is 1.85. The molecule has 2 heterocycles. The van der Waals surface area contributed by atoms with Gasteiger partial charge in [-0.3, -0.25) is 0 Å². The minimum absolute atomic E-state index is 0.631. The summed E-state index contributed by atoms with van der Waals surface area (Å²) in [4.78, 5) is 8.23. The molecule has 1 aliphatic heterocycles. The Balaban J connectivity index is 1.83. The number of nitrogens with one attached hydrogen (secondary N) is 1. The fourth-order valence-electron chi connectivity index (χ4n) is 1.54. The Morgan fingerprint density at radius 1 is 1.47 bits per heavy atom. The third-order valence-electron chi connectivity index (χ3n) is 2.33. The summed E-state index contributed by atoms with van der Waals surface area (Å²) in [7, 11) is 0. The molecule has 17 heavy (non-hydrogen) atoms. The number of hydrogen-bond donors (Lipinski definition) is 1. The van der Waals surface area contributed by atoms with Crippen molar-refractivity contribution in [1.29, 1.82) is 0 Å². The first-order valence-electron chi connectivity index (χ1n) is 5.76. The van der Waals surface area contributed by atoms with Crippen LogP contribution in [0.2, 0.25) is 0 Å². The van der Waals surface area contributed by atoms with E-state index in [1.54, 1.807) is 0 Å². The highest BCUT2D eigenvalue weighted by Crippen LogP contribution is 2.24. The second-order valence-electron chi connectivity index (χ2n) is 3.62. The van der Waals surface area contributed by atoms with Gasteiger partial charge in [0.15, 0.2) is 0 Å². The van der Waals surface area contributed by atoms with Gasteiger partial charge in [-0.1, -0.05) is 0 Å². The number of hydrogen-bond acceptors (Lipinski definition) is 6. The zero-order valence-electron chi connectivity index (χ0n) is 9.89. The molecule has 1 aromatic rings. The van der Waals surface area contributed by atoms with Crippen molar-refractivity contribution in [2.75, 3.05) is 35.7 Å². The molecular weight excluding hydrogens is 254 g/mol. The average molecular weight is 271 g/mol. The van der Waals surface area contributed by atoms with Crippen molar-refractivity contribution in [2.45, 2.75) is 12.2 Å². The van der Waals surface area contributed by atoms with E-state index in [4.69, 9.17) is 4.74 Å². The van der Waals surface area contributed by atoms with Crippen molar-refractivity contribution in [3.8, 4) is 5.88 Å². The Kier molecular flexibility index (Phi) is 5.25. The molecule has 0 spiro atoms. The quantitative estimate of drug-likeness (QED) is 0.885. The van der Waals surface area contributed by atoms with Crippen LogP contribution >= 0.6 is 23.5 Å². The third kappa shape index (κ3) is 4.27. The number of aromatic nitrogens is 2. The largest absolute Gasteiger partial charge is 0.478 e. The molecule has 0 bridgehead atoms. The summed E-state index contributed by atoms with van der Waals surface area (Å²) < 4.78 is 5.34. The molecule has 1 atom stereocenters. The molecule has 0 amide bonds. The van der Waals surface area contributed by atoms with Gasteiger partial charge >= 0.3 is 0 Å². The molecule has 6 heteroatoms. The van der Waals surface area contributed by atoms with E-state index < -0.39 is 0 Å². The van der Waals surface area contributed by atoms with Gasteiger partial charge in [-0.15, -0.1) is 0 Å². The van der Waals surface area contributed by atoms with E-state index >= 15 is 0 Å². The molecule has 0 aromatic carbocycles. The number of nitrogens with zero attached hydrogens (tertiary/aromatic N) is 2. The number of rotatable bonds is 5. The van der Waals surface area contributed by atoms with Gasteiger partial charge in [0.1, 0.15) is 12.1 Å². The average Bonchev–Trinajstić information content (AvgIpc) is 2.39. The predicted molar refractivity (Wildman–Crippen MR) is 75.3 cm³/mol. The van der Waals surface area contributed by atoms with Gasteiger partial charge in [0.25, 0.3) is 0 Å². The molecule has 1 saturated heterocycles. The lowest BCUT2D eigenvalue weighted by atomic mass is 10.4. The van der Waals surface area contributed by atoms with Crippen molar-refractivity contribution in [1.82, 2.24) is 9.97 Å². The molecule has 1 fully saturated rings. The second kappa shape index (κ2) is 6.96. The molecule has 0 radical (unpaired) electrons. The van der Waals surface area contributed by atoms with E-state index in [0.29, 0.717) is 17.7 Å². The summed E-state index contributed by atoms with van der Waals surface area (Å²) in [6.45, 7) is 3.54. The van der Waals surface area contributed by atoms with Crippen LogP contribution in [0.25, 0.3) is 0 Å². The van der Waals surface area contributed by atoms with E-state index in [1.807, 2.05) is 36.5 Å². The van der Waals surface area contributed by atoms with Crippen LogP contribution in [0.1, 0.15) is 6.92 Å². The Hall–Kier alpha value is -0.620. The molecule has 2 rings (SSSR count). The normalized spacial score (nSPS) is 19.9. The first kappa shape index (κ1) is 12.8. The summed E-state index contributed by atoms with van der Waals surface area (Å²) >= 11 is 4.07.